The molecule has 1 aromatic rings. The van der Waals surface area contributed by atoms with Crippen molar-refractivity contribution in [2.75, 3.05) is 13.1 Å². The van der Waals surface area contributed by atoms with Gasteiger partial charge in [0.15, 0.2) is 0 Å². The Balaban J connectivity index is 2.29. The lowest BCUT2D eigenvalue weighted by atomic mass is 9.91. The molecule has 0 bridgehead atoms. The zero-order chi connectivity index (χ0) is 9.97. The van der Waals surface area contributed by atoms with Crippen molar-refractivity contribution in [3.8, 4) is 0 Å². The number of benzene rings is 1. The molecule has 0 spiro atoms. The molecule has 1 aromatic carbocycles. The molecule has 2 rings (SSSR count). The molecular formula is C11H13ClFN. The van der Waals surface area contributed by atoms with E-state index in [1.807, 2.05) is 0 Å². The van der Waals surface area contributed by atoms with E-state index in [0.717, 1.165) is 25.9 Å². The Kier molecular flexibility index (Phi) is 3.04. The van der Waals surface area contributed by atoms with E-state index < -0.39 is 0 Å². The Morgan fingerprint density at radius 3 is 2.93 bits per heavy atom. The summed E-state index contributed by atoms with van der Waals surface area (Å²) in [6.45, 7) is 1.86. The van der Waals surface area contributed by atoms with E-state index in [4.69, 9.17) is 11.6 Å². The maximum absolute atomic E-state index is 13.5. The molecule has 1 heterocycles. The van der Waals surface area contributed by atoms with E-state index in [0.29, 0.717) is 10.6 Å². The minimum atomic E-state index is -0.175. The van der Waals surface area contributed by atoms with Crippen molar-refractivity contribution < 1.29 is 4.39 Å². The van der Waals surface area contributed by atoms with Crippen LogP contribution in [-0.2, 0) is 0 Å². The summed E-state index contributed by atoms with van der Waals surface area (Å²) >= 11 is 6.00. The van der Waals surface area contributed by atoms with Gasteiger partial charge in [-0.1, -0.05) is 17.7 Å². The Bertz CT molecular complexity index is 301. The molecule has 1 aliphatic heterocycles. The van der Waals surface area contributed by atoms with Gasteiger partial charge in [-0.3, -0.25) is 0 Å². The van der Waals surface area contributed by atoms with Crippen molar-refractivity contribution in [2.24, 2.45) is 0 Å². The van der Waals surface area contributed by atoms with Crippen LogP contribution in [0.25, 0.3) is 0 Å². The lowest BCUT2D eigenvalue weighted by Crippen LogP contribution is -2.29. The van der Waals surface area contributed by atoms with Gasteiger partial charge in [-0.25, -0.2) is 4.39 Å². The number of nitrogens with one attached hydrogen (secondary N) is 1. The third-order valence-corrected chi connectivity index (χ3v) is 3.03. The minimum Gasteiger partial charge on any atom is -0.316 e. The van der Waals surface area contributed by atoms with Crippen molar-refractivity contribution in [1.29, 1.82) is 0 Å². The zero-order valence-electron chi connectivity index (χ0n) is 7.89. The fraction of sp³-hybridized carbons (Fsp3) is 0.455. The monoisotopic (exact) mass is 213 g/mol. The van der Waals surface area contributed by atoms with Crippen molar-refractivity contribution in [3.63, 3.8) is 0 Å². The van der Waals surface area contributed by atoms with Crippen LogP contribution in [0, 0.1) is 5.82 Å². The Morgan fingerprint density at radius 1 is 1.43 bits per heavy atom. The summed E-state index contributed by atoms with van der Waals surface area (Å²) in [5, 5.41) is 3.82. The van der Waals surface area contributed by atoms with Gasteiger partial charge in [-0.15, -0.1) is 0 Å². The summed E-state index contributed by atoms with van der Waals surface area (Å²) in [5.74, 6) is 0.0589. The maximum Gasteiger partial charge on any atom is 0.128 e. The van der Waals surface area contributed by atoms with Gasteiger partial charge in [0.25, 0.3) is 0 Å². The molecule has 0 saturated carbocycles. The number of hydrogen-bond acceptors (Lipinski definition) is 1. The first-order valence-corrected chi connectivity index (χ1v) is 5.31. The number of hydrogen-bond donors (Lipinski definition) is 1. The SMILES string of the molecule is Fc1cccc(Cl)c1C1CCCNC1. The Labute approximate surface area is 88.3 Å². The van der Waals surface area contributed by atoms with Crippen LogP contribution in [0.1, 0.15) is 24.3 Å². The van der Waals surface area contributed by atoms with Gasteiger partial charge in [0.05, 0.1) is 0 Å². The van der Waals surface area contributed by atoms with Gasteiger partial charge in [0.1, 0.15) is 5.82 Å². The molecule has 1 atom stereocenters. The molecule has 1 saturated heterocycles. The van der Waals surface area contributed by atoms with Crippen LogP contribution in [0.5, 0.6) is 0 Å². The molecule has 14 heavy (non-hydrogen) atoms. The average molecular weight is 214 g/mol. The van der Waals surface area contributed by atoms with Crippen LogP contribution in [0.3, 0.4) is 0 Å². The van der Waals surface area contributed by atoms with Crippen LogP contribution in [-0.4, -0.2) is 13.1 Å². The van der Waals surface area contributed by atoms with E-state index >= 15 is 0 Å². The maximum atomic E-state index is 13.5. The summed E-state index contributed by atoms with van der Waals surface area (Å²) in [4.78, 5) is 0. The Morgan fingerprint density at radius 2 is 2.29 bits per heavy atom. The fourth-order valence-corrected chi connectivity index (χ4v) is 2.32. The second kappa shape index (κ2) is 4.28. The zero-order valence-corrected chi connectivity index (χ0v) is 8.65. The van der Waals surface area contributed by atoms with Crippen LogP contribution < -0.4 is 5.32 Å². The predicted molar refractivity (Wildman–Crippen MR) is 56.3 cm³/mol. The van der Waals surface area contributed by atoms with E-state index in [1.54, 1.807) is 12.1 Å². The summed E-state index contributed by atoms with van der Waals surface area (Å²) in [6.07, 6.45) is 2.11. The van der Waals surface area contributed by atoms with Crippen LogP contribution in [0.15, 0.2) is 18.2 Å². The highest BCUT2D eigenvalue weighted by atomic mass is 35.5. The first kappa shape index (κ1) is 9.94. The van der Waals surface area contributed by atoms with Crippen molar-refractivity contribution in [3.05, 3.63) is 34.6 Å². The highest BCUT2D eigenvalue weighted by Crippen LogP contribution is 2.31. The summed E-state index contributed by atoms with van der Waals surface area (Å²) < 4.78 is 13.5. The van der Waals surface area contributed by atoms with Gasteiger partial charge in [-0.2, -0.15) is 0 Å². The smallest absolute Gasteiger partial charge is 0.128 e. The van der Waals surface area contributed by atoms with E-state index in [9.17, 15) is 4.39 Å². The summed E-state index contributed by atoms with van der Waals surface area (Å²) in [5.41, 5.74) is 0.682. The average Bonchev–Trinajstić information content (AvgIpc) is 2.19. The fourth-order valence-electron chi connectivity index (χ4n) is 2.00. The number of halogens is 2. The summed E-state index contributed by atoms with van der Waals surface area (Å²) in [7, 11) is 0. The molecule has 0 radical (unpaired) electrons. The first-order valence-electron chi connectivity index (χ1n) is 4.93. The molecule has 1 aliphatic rings. The third-order valence-electron chi connectivity index (χ3n) is 2.70. The molecule has 0 aromatic heterocycles. The molecule has 1 nitrogen and oxygen atoms in total. The normalized spacial score (nSPS) is 22.3. The topological polar surface area (TPSA) is 12.0 Å². The molecule has 0 amide bonds. The molecule has 1 fully saturated rings. The highest BCUT2D eigenvalue weighted by Gasteiger charge is 2.20. The van der Waals surface area contributed by atoms with Crippen molar-refractivity contribution in [2.45, 2.75) is 18.8 Å². The van der Waals surface area contributed by atoms with Crippen LogP contribution >= 0.6 is 11.6 Å². The van der Waals surface area contributed by atoms with Gasteiger partial charge < -0.3 is 5.32 Å². The standard InChI is InChI=1S/C11H13ClFN/c12-9-4-1-5-10(13)11(9)8-3-2-6-14-7-8/h1,4-5,8,14H,2-3,6-7H2. The van der Waals surface area contributed by atoms with Crippen LogP contribution in [0.4, 0.5) is 4.39 Å². The quantitative estimate of drug-likeness (QED) is 0.757. The molecule has 3 heteroatoms. The lowest BCUT2D eigenvalue weighted by Gasteiger charge is -2.24. The van der Waals surface area contributed by atoms with Gasteiger partial charge in [0, 0.05) is 23.0 Å². The van der Waals surface area contributed by atoms with E-state index in [2.05, 4.69) is 5.32 Å². The summed E-state index contributed by atoms with van der Waals surface area (Å²) in [6, 6.07) is 4.89. The number of rotatable bonds is 1. The molecule has 1 N–H and O–H groups in total. The van der Waals surface area contributed by atoms with E-state index in [-0.39, 0.29) is 11.7 Å². The van der Waals surface area contributed by atoms with E-state index in [1.165, 1.54) is 6.07 Å². The Hall–Kier alpha value is -0.600. The highest BCUT2D eigenvalue weighted by molar-refractivity contribution is 6.31. The van der Waals surface area contributed by atoms with Gasteiger partial charge in [0.2, 0.25) is 0 Å². The van der Waals surface area contributed by atoms with Crippen molar-refractivity contribution in [1.82, 2.24) is 5.32 Å². The number of piperidine rings is 1. The second-order valence-electron chi connectivity index (χ2n) is 3.68. The van der Waals surface area contributed by atoms with Crippen molar-refractivity contribution >= 4 is 11.6 Å². The predicted octanol–water partition coefficient (Wildman–Crippen LogP) is 2.95. The minimum absolute atomic E-state index is 0.175. The van der Waals surface area contributed by atoms with Gasteiger partial charge >= 0.3 is 0 Å². The first-order chi connectivity index (χ1) is 6.79. The lowest BCUT2D eigenvalue weighted by molar-refractivity contribution is 0.446. The van der Waals surface area contributed by atoms with Gasteiger partial charge in [-0.05, 0) is 31.5 Å². The second-order valence-corrected chi connectivity index (χ2v) is 4.09. The third kappa shape index (κ3) is 1.91. The molecule has 0 aliphatic carbocycles. The molecule has 76 valence electrons. The van der Waals surface area contributed by atoms with Crippen LogP contribution in [0.2, 0.25) is 5.02 Å². The largest absolute Gasteiger partial charge is 0.316 e. The molecule has 1 unspecified atom stereocenters. The molecular weight excluding hydrogens is 201 g/mol.